The van der Waals surface area contributed by atoms with Gasteiger partial charge in [0.05, 0.1) is 7.11 Å². The summed E-state index contributed by atoms with van der Waals surface area (Å²) in [7, 11) is 1.62. The van der Waals surface area contributed by atoms with E-state index in [1.807, 2.05) is 36.1 Å². The molecule has 23 heavy (non-hydrogen) atoms. The summed E-state index contributed by atoms with van der Waals surface area (Å²) in [6, 6.07) is 7.27. The number of benzene rings is 1. The molecule has 1 fully saturated rings. The minimum Gasteiger partial charge on any atom is -0.497 e. The van der Waals surface area contributed by atoms with E-state index in [2.05, 4.69) is 15.5 Å². The van der Waals surface area contributed by atoms with E-state index in [0.717, 1.165) is 40.8 Å². The Bertz CT molecular complexity index is 671. The first-order valence-electron chi connectivity index (χ1n) is 7.65. The van der Waals surface area contributed by atoms with Crippen molar-refractivity contribution in [3.8, 4) is 5.75 Å². The number of urea groups is 1. The number of piperidine rings is 1. The molecule has 1 atom stereocenters. The number of nitrogens with one attached hydrogen (secondary N) is 1. The highest BCUT2D eigenvalue weighted by Gasteiger charge is 2.27. The normalized spacial score (nSPS) is 17.8. The molecular weight excluding hydrogens is 312 g/mol. The number of anilines is 1. The fourth-order valence-corrected chi connectivity index (χ4v) is 3.54. The third-order valence-electron chi connectivity index (χ3n) is 3.94. The van der Waals surface area contributed by atoms with Crippen LogP contribution in [0, 0.1) is 6.92 Å². The number of aryl methyl sites for hydroxylation is 1. The van der Waals surface area contributed by atoms with Crippen LogP contribution in [-0.4, -0.2) is 41.3 Å². The van der Waals surface area contributed by atoms with Gasteiger partial charge >= 0.3 is 6.03 Å². The van der Waals surface area contributed by atoms with Gasteiger partial charge in [-0.1, -0.05) is 0 Å². The lowest BCUT2D eigenvalue weighted by molar-refractivity contribution is 0.192. The van der Waals surface area contributed by atoms with Gasteiger partial charge in [-0.3, -0.25) is 0 Å². The number of rotatable bonds is 3. The second-order valence-electron chi connectivity index (χ2n) is 5.60. The molecule has 0 bridgehead atoms. The van der Waals surface area contributed by atoms with Crippen LogP contribution in [0.1, 0.15) is 28.8 Å². The molecule has 0 spiro atoms. The first kappa shape index (κ1) is 15.7. The van der Waals surface area contributed by atoms with E-state index in [0.29, 0.717) is 6.54 Å². The van der Waals surface area contributed by atoms with Crippen LogP contribution in [0.25, 0.3) is 0 Å². The summed E-state index contributed by atoms with van der Waals surface area (Å²) in [5, 5.41) is 13.3. The number of amides is 2. The maximum Gasteiger partial charge on any atom is 0.321 e. The van der Waals surface area contributed by atoms with Crippen molar-refractivity contribution in [2.75, 3.05) is 25.5 Å². The number of hydrogen-bond acceptors (Lipinski definition) is 5. The number of carbonyl (C=O) groups excluding carboxylic acids is 1. The number of hydrogen-bond donors (Lipinski definition) is 1. The minimum absolute atomic E-state index is 0.0684. The molecule has 1 aromatic carbocycles. The summed E-state index contributed by atoms with van der Waals surface area (Å²) in [5.74, 6) is 1.06. The lowest BCUT2D eigenvalue weighted by atomic mass is 9.99. The van der Waals surface area contributed by atoms with Crippen molar-refractivity contribution in [3.63, 3.8) is 0 Å². The standard InChI is InChI=1S/C16H20N4O2S/c1-11-18-19-15(23-11)12-4-3-9-20(10-12)16(21)17-13-5-7-14(22-2)8-6-13/h5-8,12H,3-4,9-10H2,1-2H3,(H,17,21). The van der Waals surface area contributed by atoms with Crippen LogP contribution in [-0.2, 0) is 0 Å². The van der Waals surface area contributed by atoms with Crippen molar-refractivity contribution in [2.24, 2.45) is 0 Å². The third kappa shape index (κ3) is 3.79. The quantitative estimate of drug-likeness (QED) is 0.937. The molecule has 2 amide bonds. The van der Waals surface area contributed by atoms with Crippen LogP contribution in [0.2, 0.25) is 0 Å². The first-order chi connectivity index (χ1) is 11.2. The Kier molecular flexibility index (Phi) is 4.76. The fourth-order valence-electron chi connectivity index (χ4n) is 2.72. The predicted molar refractivity (Wildman–Crippen MR) is 90.2 cm³/mol. The molecule has 122 valence electrons. The smallest absolute Gasteiger partial charge is 0.321 e. The largest absolute Gasteiger partial charge is 0.497 e. The summed E-state index contributed by atoms with van der Waals surface area (Å²) >= 11 is 1.62. The average Bonchev–Trinajstić information content (AvgIpc) is 3.02. The predicted octanol–water partition coefficient (Wildman–Crippen LogP) is 3.27. The van der Waals surface area contributed by atoms with E-state index < -0.39 is 0 Å². The van der Waals surface area contributed by atoms with Crippen molar-refractivity contribution in [2.45, 2.75) is 25.7 Å². The Hall–Kier alpha value is -2.15. The van der Waals surface area contributed by atoms with Gasteiger partial charge in [0.15, 0.2) is 0 Å². The maximum absolute atomic E-state index is 12.5. The van der Waals surface area contributed by atoms with Gasteiger partial charge in [-0.15, -0.1) is 21.5 Å². The third-order valence-corrected chi connectivity index (χ3v) is 4.94. The SMILES string of the molecule is COc1ccc(NC(=O)N2CCCC(c3nnc(C)s3)C2)cc1. The molecule has 1 unspecified atom stereocenters. The van der Waals surface area contributed by atoms with Crippen molar-refractivity contribution >= 4 is 23.1 Å². The summed E-state index contributed by atoms with van der Waals surface area (Å²) in [4.78, 5) is 14.3. The molecular formula is C16H20N4O2S. The molecule has 7 heteroatoms. The van der Waals surface area contributed by atoms with Gasteiger partial charge in [0, 0.05) is 24.7 Å². The number of likely N-dealkylation sites (tertiary alicyclic amines) is 1. The highest BCUT2D eigenvalue weighted by molar-refractivity contribution is 7.11. The van der Waals surface area contributed by atoms with Gasteiger partial charge < -0.3 is 15.0 Å². The van der Waals surface area contributed by atoms with Crippen LogP contribution in [0.5, 0.6) is 5.75 Å². The fraction of sp³-hybridized carbons (Fsp3) is 0.438. The zero-order valence-electron chi connectivity index (χ0n) is 13.3. The molecule has 2 aromatic rings. The van der Waals surface area contributed by atoms with Crippen molar-refractivity contribution < 1.29 is 9.53 Å². The van der Waals surface area contributed by atoms with Crippen LogP contribution in [0.4, 0.5) is 10.5 Å². The lowest BCUT2D eigenvalue weighted by Crippen LogP contribution is -2.41. The van der Waals surface area contributed by atoms with E-state index in [-0.39, 0.29) is 11.9 Å². The summed E-state index contributed by atoms with van der Waals surface area (Å²) in [5.41, 5.74) is 0.768. The molecule has 0 aliphatic carbocycles. The second kappa shape index (κ2) is 6.95. The number of methoxy groups -OCH3 is 1. The topological polar surface area (TPSA) is 67.3 Å². The highest BCUT2D eigenvalue weighted by Crippen LogP contribution is 2.29. The van der Waals surface area contributed by atoms with E-state index in [4.69, 9.17) is 4.74 Å². The van der Waals surface area contributed by atoms with Crippen LogP contribution < -0.4 is 10.1 Å². The van der Waals surface area contributed by atoms with Gasteiger partial charge in [0.1, 0.15) is 15.8 Å². The lowest BCUT2D eigenvalue weighted by Gasteiger charge is -2.31. The van der Waals surface area contributed by atoms with Crippen LogP contribution in [0.15, 0.2) is 24.3 Å². The molecule has 1 N–H and O–H groups in total. The summed E-state index contributed by atoms with van der Waals surface area (Å²) in [6.45, 7) is 3.42. The van der Waals surface area contributed by atoms with Crippen LogP contribution in [0.3, 0.4) is 0 Å². The Labute approximate surface area is 139 Å². The van der Waals surface area contributed by atoms with E-state index >= 15 is 0 Å². The van der Waals surface area contributed by atoms with Gasteiger partial charge in [-0.25, -0.2) is 4.79 Å². The van der Waals surface area contributed by atoms with Crippen LogP contribution >= 0.6 is 11.3 Å². The molecule has 3 rings (SSSR count). The summed E-state index contributed by atoms with van der Waals surface area (Å²) < 4.78 is 5.12. The van der Waals surface area contributed by atoms with Gasteiger partial charge in [0.2, 0.25) is 0 Å². The second-order valence-corrected chi connectivity index (χ2v) is 6.82. The van der Waals surface area contributed by atoms with Crippen molar-refractivity contribution in [1.82, 2.24) is 15.1 Å². The Balaban J connectivity index is 1.62. The molecule has 1 aliphatic rings. The molecule has 1 aliphatic heterocycles. The summed E-state index contributed by atoms with van der Waals surface area (Å²) in [6.07, 6.45) is 2.04. The van der Waals surface area contributed by atoms with Crippen molar-refractivity contribution in [3.05, 3.63) is 34.3 Å². The monoisotopic (exact) mass is 332 g/mol. The van der Waals surface area contributed by atoms with Crippen molar-refractivity contribution in [1.29, 1.82) is 0 Å². The van der Waals surface area contributed by atoms with E-state index in [9.17, 15) is 4.79 Å². The molecule has 1 aromatic heterocycles. The minimum atomic E-state index is -0.0684. The maximum atomic E-state index is 12.5. The Morgan fingerprint density at radius 2 is 2.13 bits per heavy atom. The van der Waals surface area contributed by atoms with E-state index in [1.165, 1.54) is 0 Å². The average molecular weight is 332 g/mol. The zero-order valence-corrected chi connectivity index (χ0v) is 14.1. The van der Waals surface area contributed by atoms with Gasteiger partial charge in [-0.2, -0.15) is 0 Å². The van der Waals surface area contributed by atoms with Gasteiger partial charge in [0.25, 0.3) is 0 Å². The number of carbonyl (C=O) groups is 1. The number of aromatic nitrogens is 2. The molecule has 6 nitrogen and oxygen atoms in total. The molecule has 0 saturated carbocycles. The number of ether oxygens (including phenoxy) is 1. The first-order valence-corrected chi connectivity index (χ1v) is 8.47. The zero-order chi connectivity index (χ0) is 16.2. The Morgan fingerprint density at radius 1 is 1.35 bits per heavy atom. The van der Waals surface area contributed by atoms with E-state index in [1.54, 1.807) is 18.4 Å². The number of nitrogens with zero attached hydrogens (tertiary/aromatic N) is 3. The Morgan fingerprint density at radius 3 is 2.78 bits per heavy atom. The highest BCUT2D eigenvalue weighted by atomic mass is 32.1. The molecule has 1 saturated heterocycles. The van der Waals surface area contributed by atoms with Gasteiger partial charge in [-0.05, 0) is 44.0 Å². The molecule has 2 heterocycles. The molecule has 0 radical (unpaired) electrons.